The molecule has 0 aromatic carbocycles. The van der Waals surface area contributed by atoms with Crippen LogP contribution in [0.3, 0.4) is 0 Å². The molecule has 228 valence electrons. The summed E-state index contributed by atoms with van der Waals surface area (Å²) in [5.74, 6) is 0. The Kier molecular flexibility index (Phi) is 15.7. The molecular formula is C14H37N4O15P5. The highest BCUT2D eigenvalue weighted by Gasteiger charge is 2.33. The Hall–Kier alpha value is 0.330. The van der Waals surface area contributed by atoms with Gasteiger partial charge in [-0.3, -0.25) is 33.0 Å². The van der Waals surface area contributed by atoms with E-state index in [0.717, 1.165) is 4.90 Å². The third-order valence-electron chi connectivity index (χ3n) is 4.50. The Balaban J connectivity index is 5.63. The van der Waals surface area contributed by atoms with Gasteiger partial charge in [-0.2, -0.15) is 4.67 Å². The SMILES string of the molecule is C=C(C)CN(CCN(CCN(CCN(CP(=O)(O)O)P(=O)(O)O)CP(=O)(O)O)CP(=O)(O)O)CP(=O)(O)O. The number of nitrogens with zero attached hydrogens (tertiary/aromatic N) is 4. The number of hydrogen-bond acceptors (Lipinski definition) is 8. The van der Waals surface area contributed by atoms with Crippen LogP contribution in [0.2, 0.25) is 0 Å². The zero-order chi connectivity index (χ0) is 30.2. The van der Waals surface area contributed by atoms with Crippen LogP contribution in [0.4, 0.5) is 0 Å². The summed E-state index contributed by atoms with van der Waals surface area (Å²) in [5.41, 5.74) is 0.553. The Morgan fingerprint density at radius 3 is 1.11 bits per heavy atom. The van der Waals surface area contributed by atoms with E-state index in [2.05, 4.69) is 6.58 Å². The summed E-state index contributed by atoms with van der Waals surface area (Å²) in [6, 6.07) is 0. The fourth-order valence-electron chi connectivity index (χ4n) is 3.19. The molecule has 0 saturated heterocycles. The molecule has 0 spiro atoms. The van der Waals surface area contributed by atoms with Crippen molar-refractivity contribution in [3.63, 3.8) is 0 Å². The second-order valence-electron chi connectivity index (χ2n) is 8.71. The van der Waals surface area contributed by atoms with Crippen molar-refractivity contribution in [1.82, 2.24) is 19.4 Å². The molecule has 0 aliphatic heterocycles. The molecule has 0 bridgehead atoms. The quantitative estimate of drug-likeness (QED) is 0.0521. The van der Waals surface area contributed by atoms with Crippen molar-refractivity contribution in [1.29, 1.82) is 0 Å². The molecule has 0 fully saturated rings. The first-order chi connectivity index (χ1) is 16.8. The maximum atomic E-state index is 11.6. The maximum Gasteiger partial charge on any atom is 0.403 e. The summed E-state index contributed by atoms with van der Waals surface area (Å²) in [4.78, 5) is 96.5. The Labute approximate surface area is 219 Å². The lowest BCUT2D eigenvalue weighted by molar-refractivity contribution is 0.185. The van der Waals surface area contributed by atoms with Crippen LogP contribution in [-0.2, 0) is 22.8 Å². The Morgan fingerprint density at radius 2 is 0.816 bits per heavy atom. The van der Waals surface area contributed by atoms with Gasteiger partial charge >= 0.3 is 38.1 Å². The van der Waals surface area contributed by atoms with E-state index in [-0.39, 0.29) is 37.4 Å². The van der Waals surface area contributed by atoms with E-state index >= 15 is 0 Å². The zero-order valence-corrected chi connectivity index (χ0v) is 25.0. The van der Waals surface area contributed by atoms with Crippen molar-refractivity contribution in [2.75, 3.05) is 71.0 Å². The van der Waals surface area contributed by atoms with Gasteiger partial charge in [-0.1, -0.05) is 12.2 Å². The zero-order valence-electron chi connectivity index (χ0n) is 20.5. The first-order valence-corrected chi connectivity index (χ1v) is 19.3. The first-order valence-electron chi connectivity index (χ1n) is 10.6. The van der Waals surface area contributed by atoms with Crippen molar-refractivity contribution in [3.05, 3.63) is 12.2 Å². The third-order valence-corrected chi connectivity index (χ3v) is 8.82. The van der Waals surface area contributed by atoms with Crippen molar-refractivity contribution < 1.29 is 71.8 Å². The smallest absolute Gasteiger partial charge is 0.324 e. The van der Waals surface area contributed by atoms with Crippen molar-refractivity contribution in [2.24, 2.45) is 0 Å². The highest BCUT2D eigenvalue weighted by molar-refractivity contribution is 7.54. The van der Waals surface area contributed by atoms with Gasteiger partial charge in [0.2, 0.25) is 0 Å². The fourth-order valence-corrected chi connectivity index (χ4v) is 7.63. The highest BCUT2D eigenvalue weighted by Crippen LogP contribution is 2.47. The summed E-state index contributed by atoms with van der Waals surface area (Å²) in [6.07, 6.45) is -3.75. The standard InChI is InChI=1S/C14H37N4O15P5/c1-14(2)9-17(12-36(25,26)27)6-5-15(10-34(19,20)21)3-4-16(11-35(22,23)24)7-8-18(38(31,32)33)13-37(28,29)30/h1,3-13H2,2H3,(H2,19,20,21)(H2,22,23,24)(H2,25,26,27)(H2,28,29,30)(H2,31,32,33). The molecule has 0 amide bonds. The van der Waals surface area contributed by atoms with Gasteiger partial charge in [0.1, 0.15) is 25.1 Å². The van der Waals surface area contributed by atoms with Crippen molar-refractivity contribution in [3.8, 4) is 0 Å². The van der Waals surface area contributed by atoms with Crippen LogP contribution in [0.25, 0.3) is 0 Å². The van der Waals surface area contributed by atoms with Crippen molar-refractivity contribution in [2.45, 2.75) is 6.92 Å². The third kappa shape index (κ3) is 22.1. The second-order valence-corrected chi connectivity index (χ2v) is 16.8. The molecule has 0 radical (unpaired) electrons. The minimum absolute atomic E-state index is 0.0664. The largest absolute Gasteiger partial charge is 0.403 e. The van der Waals surface area contributed by atoms with Gasteiger partial charge in [0.25, 0.3) is 0 Å². The lowest BCUT2D eigenvalue weighted by atomic mass is 10.3. The predicted molar refractivity (Wildman–Crippen MR) is 136 cm³/mol. The molecule has 0 heterocycles. The Bertz CT molecular complexity index is 1000. The molecule has 19 nitrogen and oxygen atoms in total. The van der Waals surface area contributed by atoms with Gasteiger partial charge < -0.3 is 48.9 Å². The van der Waals surface area contributed by atoms with Gasteiger partial charge in [-0.15, -0.1) is 0 Å². The predicted octanol–water partition coefficient (Wildman–Crippen LogP) is -1.60. The molecule has 0 aliphatic carbocycles. The van der Waals surface area contributed by atoms with Crippen LogP contribution in [0.5, 0.6) is 0 Å². The normalized spacial score (nSPS) is 14.3. The molecule has 0 aliphatic rings. The van der Waals surface area contributed by atoms with Crippen LogP contribution in [-0.4, -0.2) is 139 Å². The van der Waals surface area contributed by atoms with Gasteiger partial charge in [0.05, 0.1) is 0 Å². The van der Waals surface area contributed by atoms with Crippen LogP contribution in [0.15, 0.2) is 12.2 Å². The van der Waals surface area contributed by atoms with Crippen LogP contribution in [0.1, 0.15) is 6.92 Å². The van der Waals surface area contributed by atoms with Crippen LogP contribution >= 0.6 is 38.1 Å². The molecular weight excluding hydrogens is 619 g/mol. The molecule has 24 heteroatoms. The van der Waals surface area contributed by atoms with E-state index in [1.807, 2.05) is 0 Å². The van der Waals surface area contributed by atoms with E-state index in [0.29, 0.717) is 5.57 Å². The summed E-state index contributed by atoms with van der Waals surface area (Å²) < 4.78 is 57.6. The maximum absolute atomic E-state index is 11.6. The van der Waals surface area contributed by atoms with Gasteiger partial charge in [0.15, 0.2) is 0 Å². The van der Waals surface area contributed by atoms with E-state index in [4.69, 9.17) is 9.79 Å². The summed E-state index contributed by atoms with van der Waals surface area (Å²) in [5, 5.41) is 0. The summed E-state index contributed by atoms with van der Waals surface area (Å²) in [6.45, 7) is 3.32. The fraction of sp³-hybridized carbons (Fsp3) is 0.857. The topological polar surface area (TPSA) is 301 Å². The minimum atomic E-state index is -5.17. The highest BCUT2D eigenvalue weighted by atomic mass is 31.2. The Morgan fingerprint density at radius 1 is 0.526 bits per heavy atom. The molecule has 0 rings (SSSR count). The van der Waals surface area contributed by atoms with Crippen molar-refractivity contribution >= 4 is 38.1 Å². The van der Waals surface area contributed by atoms with E-state index in [1.165, 1.54) is 9.80 Å². The minimum Gasteiger partial charge on any atom is -0.324 e. The van der Waals surface area contributed by atoms with Gasteiger partial charge in [-0.25, -0.2) is 4.57 Å². The average molecular weight is 656 g/mol. The van der Waals surface area contributed by atoms with Crippen LogP contribution in [0, 0.1) is 0 Å². The molecule has 0 saturated carbocycles. The molecule has 0 aromatic rings. The number of rotatable bonds is 20. The molecule has 38 heavy (non-hydrogen) atoms. The summed E-state index contributed by atoms with van der Waals surface area (Å²) >= 11 is 0. The van der Waals surface area contributed by atoms with E-state index in [9.17, 15) is 62.0 Å². The van der Waals surface area contributed by atoms with Crippen LogP contribution < -0.4 is 0 Å². The molecule has 0 aromatic heterocycles. The molecule has 10 N–H and O–H groups in total. The van der Waals surface area contributed by atoms with Gasteiger partial charge in [-0.05, 0) is 6.92 Å². The van der Waals surface area contributed by atoms with E-state index in [1.54, 1.807) is 6.92 Å². The molecule has 0 atom stereocenters. The lowest BCUT2D eigenvalue weighted by Crippen LogP contribution is -2.42. The van der Waals surface area contributed by atoms with E-state index < -0.39 is 76.4 Å². The number of hydrogen-bond donors (Lipinski definition) is 10. The monoisotopic (exact) mass is 656 g/mol. The summed E-state index contributed by atoms with van der Waals surface area (Å²) in [7, 11) is -24.0. The first kappa shape index (κ1) is 38.3. The van der Waals surface area contributed by atoms with Gasteiger partial charge in [0, 0.05) is 45.8 Å². The molecule has 0 unspecified atom stereocenters. The second kappa shape index (κ2) is 15.5. The average Bonchev–Trinajstić information content (AvgIpc) is 2.60. The lowest BCUT2D eigenvalue weighted by Gasteiger charge is -2.31.